The van der Waals surface area contributed by atoms with Gasteiger partial charge in [0.15, 0.2) is 0 Å². The van der Waals surface area contributed by atoms with Gasteiger partial charge in [-0.3, -0.25) is 4.98 Å². The van der Waals surface area contributed by atoms with Crippen molar-refractivity contribution in [2.24, 2.45) is 0 Å². The van der Waals surface area contributed by atoms with E-state index in [0.717, 1.165) is 18.8 Å². The van der Waals surface area contributed by atoms with E-state index in [1.807, 2.05) is 18.3 Å². The Bertz CT molecular complexity index is 685. The van der Waals surface area contributed by atoms with Gasteiger partial charge in [0, 0.05) is 25.0 Å². The lowest BCUT2D eigenvalue weighted by Crippen LogP contribution is -2.30. The number of nitrogens with zero attached hydrogens (tertiary/aromatic N) is 2. The molecule has 0 unspecified atom stereocenters. The third-order valence-electron chi connectivity index (χ3n) is 4.12. The van der Waals surface area contributed by atoms with Gasteiger partial charge in [0.1, 0.15) is 17.4 Å². The van der Waals surface area contributed by atoms with E-state index in [-0.39, 0.29) is 0 Å². The van der Waals surface area contributed by atoms with Crippen LogP contribution in [0.4, 0.5) is 5.69 Å². The second-order valence-corrected chi connectivity index (χ2v) is 6.64. The smallest absolute Gasteiger partial charge is 0.140 e. The number of anilines is 1. The predicted octanol–water partition coefficient (Wildman–Crippen LogP) is 5.27. The van der Waals surface area contributed by atoms with Crippen LogP contribution < -0.4 is 9.64 Å². The van der Waals surface area contributed by atoms with Crippen molar-refractivity contribution in [2.75, 3.05) is 18.0 Å². The monoisotopic (exact) mass is 350 g/mol. The molecule has 1 aliphatic rings. The van der Waals surface area contributed by atoms with Gasteiger partial charge in [-0.1, -0.05) is 29.3 Å². The first-order valence-electron chi connectivity index (χ1n) is 7.92. The van der Waals surface area contributed by atoms with E-state index in [1.165, 1.54) is 30.5 Å². The summed E-state index contributed by atoms with van der Waals surface area (Å²) < 4.78 is 5.79. The number of piperidine rings is 1. The summed E-state index contributed by atoms with van der Waals surface area (Å²) in [5, 5.41) is 0.938. The number of hydrogen-bond acceptors (Lipinski definition) is 3. The van der Waals surface area contributed by atoms with Crippen molar-refractivity contribution in [1.82, 2.24) is 4.98 Å². The molecule has 3 nitrogen and oxygen atoms in total. The highest BCUT2D eigenvalue weighted by Crippen LogP contribution is 2.32. The molecule has 5 heteroatoms. The van der Waals surface area contributed by atoms with E-state index in [1.54, 1.807) is 6.07 Å². The molecule has 1 fully saturated rings. The number of pyridine rings is 1. The molecular formula is C18H20Cl2N2O. The summed E-state index contributed by atoms with van der Waals surface area (Å²) in [4.78, 5) is 6.91. The van der Waals surface area contributed by atoms with Gasteiger partial charge < -0.3 is 9.64 Å². The van der Waals surface area contributed by atoms with Gasteiger partial charge in [0.25, 0.3) is 0 Å². The normalized spacial score (nSPS) is 14.8. The van der Waals surface area contributed by atoms with Crippen molar-refractivity contribution in [2.45, 2.75) is 32.8 Å². The Morgan fingerprint density at radius 3 is 2.74 bits per heavy atom. The zero-order valence-electron chi connectivity index (χ0n) is 13.2. The van der Waals surface area contributed by atoms with Crippen LogP contribution in [0.5, 0.6) is 5.75 Å². The molecule has 0 aliphatic carbocycles. The van der Waals surface area contributed by atoms with Gasteiger partial charge in [-0.15, -0.1) is 0 Å². The summed E-state index contributed by atoms with van der Waals surface area (Å²) in [6.45, 7) is 4.72. The molecule has 2 heterocycles. The maximum Gasteiger partial charge on any atom is 0.140 e. The van der Waals surface area contributed by atoms with E-state index in [2.05, 4.69) is 22.9 Å². The minimum atomic E-state index is 0.376. The lowest BCUT2D eigenvalue weighted by molar-refractivity contribution is 0.301. The van der Waals surface area contributed by atoms with Crippen molar-refractivity contribution >= 4 is 28.9 Å². The first-order valence-corrected chi connectivity index (χ1v) is 8.68. The van der Waals surface area contributed by atoms with Crippen molar-refractivity contribution in [1.29, 1.82) is 0 Å². The Kier molecular flexibility index (Phi) is 5.29. The van der Waals surface area contributed by atoms with Crippen molar-refractivity contribution in [3.05, 3.63) is 51.8 Å². The average Bonchev–Trinajstić information content (AvgIpc) is 2.58. The van der Waals surface area contributed by atoms with Gasteiger partial charge in [-0.25, -0.2) is 0 Å². The maximum atomic E-state index is 6.15. The van der Waals surface area contributed by atoms with Crippen LogP contribution in [0.15, 0.2) is 30.5 Å². The fourth-order valence-electron chi connectivity index (χ4n) is 2.86. The zero-order valence-corrected chi connectivity index (χ0v) is 14.7. The minimum absolute atomic E-state index is 0.376. The zero-order chi connectivity index (χ0) is 16.2. The Morgan fingerprint density at radius 1 is 1.17 bits per heavy atom. The van der Waals surface area contributed by atoms with Crippen LogP contribution in [0, 0.1) is 6.92 Å². The average molecular weight is 351 g/mol. The van der Waals surface area contributed by atoms with E-state index in [0.29, 0.717) is 22.4 Å². The highest BCUT2D eigenvalue weighted by atomic mass is 35.5. The number of aromatic nitrogens is 1. The molecule has 1 aromatic heterocycles. The summed E-state index contributed by atoms with van der Waals surface area (Å²) in [5.74, 6) is 0.584. The molecule has 1 aromatic carbocycles. The summed E-state index contributed by atoms with van der Waals surface area (Å²) in [6.07, 6.45) is 5.75. The van der Waals surface area contributed by atoms with Crippen LogP contribution in [0.3, 0.4) is 0 Å². The lowest BCUT2D eigenvalue weighted by Gasteiger charge is -2.30. The van der Waals surface area contributed by atoms with Gasteiger partial charge in [-0.05, 0) is 49.9 Å². The number of ether oxygens (including phenoxy) is 1. The van der Waals surface area contributed by atoms with Gasteiger partial charge in [0.2, 0.25) is 0 Å². The van der Waals surface area contributed by atoms with Gasteiger partial charge >= 0.3 is 0 Å². The van der Waals surface area contributed by atoms with Crippen LogP contribution in [-0.2, 0) is 6.61 Å². The molecule has 0 spiro atoms. The number of aryl methyl sites for hydroxylation is 1. The Morgan fingerprint density at radius 2 is 1.96 bits per heavy atom. The van der Waals surface area contributed by atoms with E-state index < -0.39 is 0 Å². The van der Waals surface area contributed by atoms with E-state index in [9.17, 15) is 0 Å². The van der Waals surface area contributed by atoms with E-state index >= 15 is 0 Å². The predicted molar refractivity (Wildman–Crippen MR) is 95.8 cm³/mol. The summed E-state index contributed by atoms with van der Waals surface area (Å²) in [5.41, 5.74) is 3.36. The molecule has 0 saturated carbocycles. The van der Waals surface area contributed by atoms with Gasteiger partial charge in [-0.2, -0.15) is 0 Å². The van der Waals surface area contributed by atoms with Crippen molar-refractivity contribution < 1.29 is 4.74 Å². The maximum absolute atomic E-state index is 6.15. The fourth-order valence-corrected chi connectivity index (χ4v) is 3.20. The molecule has 23 heavy (non-hydrogen) atoms. The quantitative estimate of drug-likeness (QED) is 0.751. The summed E-state index contributed by atoms with van der Waals surface area (Å²) >= 11 is 12.2. The molecule has 1 aliphatic heterocycles. The second kappa shape index (κ2) is 7.41. The Labute approximate surface area is 147 Å². The number of halogens is 2. The lowest BCUT2D eigenvalue weighted by atomic mass is 10.1. The van der Waals surface area contributed by atoms with E-state index in [4.69, 9.17) is 27.9 Å². The highest BCUT2D eigenvalue weighted by Gasteiger charge is 2.14. The molecule has 0 N–H and O–H groups in total. The molecule has 0 atom stereocenters. The van der Waals surface area contributed by atoms with Crippen molar-refractivity contribution in [3.8, 4) is 5.75 Å². The van der Waals surface area contributed by atoms with Crippen LogP contribution in [-0.4, -0.2) is 18.1 Å². The molecule has 0 amide bonds. The van der Waals surface area contributed by atoms with Crippen molar-refractivity contribution in [3.63, 3.8) is 0 Å². The number of rotatable bonds is 4. The molecule has 2 aromatic rings. The third kappa shape index (κ3) is 3.91. The summed E-state index contributed by atoms with van der Waals surface area (Å²) in [7, 11) is 0. The fraction of sp³-hybridized carbons (Fsp3) is 0.389. The second-order valence-electron chi connectivity index (χ2n) is 5.85. The topological polar surface area (TPSA) is 25.4 Å². The van der Waals surface area contributed by atoms with Crippen LogP contribution in [0.25, 0.3) is 0 Å². The third-order valence-corrected chi connectivity index (χ3v) is 4.92. The van der Waals surface area contributed by atoms with Crippen LogP contribution in [0.2, 0.25) is 10.0 Å². The molecule has 0 bridgehead atoms. The van der Waals surface area contributed by atoms with Crippen LogP contribution >= 0.6 is 23.2 Å². The first kappa shape index (κ1) is 16.4. The first-order chi connectivity index (χ1) is 11.1. The largest absolute Gasteiger partial charge is 0.486 e. The Hall–Kier alpha value is -1.45. The SMILES string of the molecule is Cc1cnc(COc2cccc(Cl)c2Cl)cc1N1CCCCC1. The Balaban J connectivity index is 1.74. The number of benzene rings is 1. The molecule has 122 valence electrons. The highest BCUT2D eigenvalue weighted by molar-refractivity contribution is 6.42. The number of hydrogen-bond donors (Lipinski definition) is 0. The minimum Gasteiger partial charge on any atom is -0.486 e. The molecular weight excluding hydrogens is 331 g/mol. The molecule has 0 radical (unpaired) electrons. The molecule has 3 rings (SSSR count). The standard InChI is InChI=1S/C18H20Cl2N2O/c1-13-11-21-14(10-16(13)22-8-3-2-4-9-22)12-23-17-7-5-6-15(19)18(17)20/h5-7,10-11H,2-4,8-9,12H2,1H3. The van der Waals surface area contributed by atoms with Gasteiger partial charge in [0.05, 0.1) is 10.7 Å². The molecule has 1 saturated heterocycles. The van der Waals surface area contributed by atoms with Crippen LogP contribution in [0.1, 0.15) is 30.5 Å². The summed E-state index contributed by atoms with van der Waals surface area (Å²) in [6, 6.07) is 7.51.